The molecule has 0 saturated heterocycles. The van der Waals surface area contributed by atoms with E-state index in [1.165, 1.54) is 51.4 Å². The van der Waals surface area contributed by atoms with Crippen LogP contribution in [-0.4, -0.2) is 37.2 Å². The maximum atomic E-state index is 12.7. The van der Waals surface area contributed by atoms with Gasteiger partial charge in [-0.25, -0.2) is 0 Å². The van der Waals surface area contributed by atoms with Crippen LogP contribution < -0.4 is 0 Å². The minimum atomic E-state index is -0.796. The van der Waals surface area contributed by atoms with Gasteiger partial charge in [0, 0.05) is 19.3 Å². The Balaban J connectivity index is 4.42. The van der Waals surface area contributed by atoms with Crippen molar-refractivity contribution in [3.63, 3.8) is 0 Å². The molecule has 6 heteroatoms. The van der Waals surface area contributed by atoms with Crippen LogP contribution in [0.2, 0.25) is 0 Å². The molecule has 318 valence electrons. The first kappa shape index (κ1) is 52.6. The average molecular weight is 779 g/mol. The molecular formula is C50H82O6. The Labute approximate surface area is 344 Å². The molecule has 6 nitrogen and oxygen atoms in total. The fourth-order valence-corrected chi connectivity index (χ4v) is 5.87. The molecule has 0 aliphatic rings. The molecule has 0 aliphatic carbocycles. The van der Waals surface area contributed by atoms with Gasteiger partial charge < -0.3 is 14.2 Å². The summed E-state index contributed by atoms with van der Waals surface area (Å²) in [5.74, 6) is -0.964. The minimum absolute atomic E-state index is 0.0978. The fraction of sp³-hybridized carbons (Fsp3) is 0.660. The minimum Gasteiger partial charge on any atom is -0.462 e. The average Bonchev–Trinajstić information content (AvgIpc) is 3.19. The second kappa shape index (κ2) is 44.3. The standard InChI is InChI=1S/C50H82O6/c1-4-7-10-13-16-19-21-23-25-27-28-31-34-37-40-43-49(52)55-46-47(45-54-48(51)42-39-36-33-30-18-15-12-9-6-3)56-50(53)44-41-38-35-32-29-26-24-22-20-17-14-11-8-5-2/h7-13,16-21,30,47H,4-6,14-15,22-29,31-46H2,1-3H3/b10-7-,11-8-,12-9-,16-13-,20-17-,21-19-,30-18-. The van der Waals surface area contributed by atoms with E-state index in [1.54, 1.807) is 0 Å². The van der Waals surface area contributed by atoms with Gasteiger partial charge in [0.15, 0.2) is 6.10 Å². The van der Waals surface area contributed by atoms with Crippen LogP contribution >= 0.6 is 0 Å². The number of carbonyl (C=O) groups is 3. The summed E-state index contributed by atoms with van der Waals surface area (Å²) in [6.45, 7) is 6.21. The van der Waals surface area contributed by atoms with Gasteiger partial charge >= 0.3 is 17.9 Å². The van der Waals surface area contributed by atoms with E-state index in [4.69, 9.17) is 14.2 Å². The molecule has 0 N–H and O–H groups in total. The summed E-state index contributed by atoms with van der Waals surface area (Å²) in [5, 5.41) is 0. The van der Waals surface area contributed by atoms with Crippen molar-refractivity contribution in [1.29, 1.82) is 0 Å². The quantitative estimate of drug-likeness (QED) is 0.0203. The number of rotatable bonds is 39. The highest BCUT2D eigenvalue weighted by molar-refractivity contribution is 5.71. The number of hydrogen-bond donors (Lipinski definition) is 0. The monoisotopic (exact) mass is 779 g/mol. The molecule has 1 unspecified atom stereocenters. The van der Waals surface area contributed by atoms with Gasteiger partial charge in [0.1, 0.15) is 13.2 Å². The predicted octanol–water partition coefficient (Wildman–Crippen LogP) is 14.5. The second-order valence-corrected chi connectivity index (χ2v) is 14.6. The zero-order valence-corrected chi connectivity index (χ0v) is 36.1. The molecule has 0 radical (unpaired) electrons. The Kier molecular flexibility index (Phi) is 41.6. The third-order valence-electron chi connectivity index (χ3n) is 9.19. The van der Waals surface area contributed by atoms with Crippen molar-refractivity contribution in [3.8, 4) is 0 Å². The van der Waals surface area contributed by atoms with Crippen molar-refractivity contribution >= 4 is 17.9 Å². The second-order valence-electron chi connectivity index (χ2n) is 14.6. The van der Waals surface area contributed by atoms with Crippen LogP contribution in [0.15, 0.2) is 85.1 Å². The van der Waals surface area contributed by atoms with Crippen molar-refractivity contribution in [2.75, 3.05) is 13.2 Å². The van der Waals surface area contributed by atoms with Crippen LogP contribution in [0.3, 0.4) is 0 Å². The number of unbranched alkanes of at least 4 members (excludes halogenated alkanes) is 16. The van der Waals surface area contributed by atoms with E-state index in [2.05, 4.69) is 106 Å². The Morgan fingerprint density at radius 2 is 0.732 bits per heavy atom. The zero-order valence-electron chi connectivity index (χ0n) is 36.1. The highest BCUT2D eigenvalue weighted by Crippen LogP contribution is 2.13. The van der Waals surface area contributed by atoms with Crippen molar-refractivity contribution < 1.29 is 28.6 Å². The Morgan fingerprint density at radius 1 is 0.375 bits per heavy atom. The lowest BCUT2D eigenvalue weighted by Crippen LogP contribution is -2.30. The van der Waals surface area contributed by atoms with Crippen molar-refractivity contribution in [3.05, 3.63) is 85.1 Å². The first-order valence-electron chi connectivity index (χ1n) is 22.6. The summed E-state index contributed by atoms with van der Waals surface area (Å²) in [4.78, 5) is 37.7. The van der Waals surface area contributed by atoms with Crippen LogP contribution in [0.4, 0.5) is 0 Å². The lowest BCUT2D eigenvalue weighted by molar-refractivity contribution is -0.167. The van der Waals surface area contributed by atoms with Gasteiger partial charge in [0.25, 0.3) is 0 Å². The molecule has 0 bridgehead atoms. The number of carbonyl (C=O) groups excluding carboxylic acids is 3. The van der Waals surface area contributed by atoms with Gasteiger partial charge in [-0.3, -0.25) is 14.4 Å². The van der Waals surface area contributed by atoms with Gasteiger partial charge in [-0.05, 0) is 89.9 Å². The summed E-state index contributed by atoms with van der Waals surface area (Å²) >= 11 is 0. The van der Waals surface area contributed by atoms with Gasteiger partial charge in [-0.2, -0.15) is 0 Å². The normalized spacial score (nSPS) is 12.8. The highest BCUT2D eigenvalue weighted by Gasteiger charge is 2.19. The van der Waals surface area contributed by atoms with Gasteiger partial charge in [-0.15, -0.1) is 0 Å². The molecule has 0 fully saturated rings. The van der Waals surface area contributed by atoms with Crippen LogP contribution in [-0.2, 0) is 28.6 Å². The molecule has 0 saturated carbocycles. The SMILES string of the molecule is CC\C=C/C=C\C=C/CCCCCCCCCC(=O)OCC(COC(=O)CCCC/C=C\C/C=C\CC)OC(=O)CCCCCCCCC/C=C\C/C=C\CC. The van der Waals surface area contributed by atoms with E-state index in [0.717, 1.165) is 103 Å². The summed E-state index contributed by atoms with van der Waals surface area (Å²) in [6.07, 6.45) is 55.8. The topological polar surface area (TPSA) is 78.9 Å². The summed E-state index contributed by atoms with van der Waals surface area (Å²) in [5.41, 5.74) is 0. The van der Waals surface area contributed by atoms with Crippen molar-refractivity contribution in [1.82, 2.24) is 0 Å². The largest absolute Gasteiger partial charge is 0.462 e. The summed E-state index contributed by atoms with van der Waals surface area (Å²) in [7, 11) is 0. The third-order valence-corrected chi connectivity index (χ3v) is 9.19. The molecule has 0 spiro atoms. The van der Waals surface area contributed by atoms with E-state index in [1.807, 2.05) is 0 Å². The lowest BCUT2D eigenvalue weighted by Gasteiger charge is -2.18. The fourth-order valence-electron chi connectivity index (χ4n) is 5.87. The Morgan fingerprint density at radius 3 is 1.21 bits per heavy atom. The molecule has 0 amide bonds. The first-order valence-corrected chi connectivity index (χ1v) is 22.6. The van der Waals surface area contributed by atoms with E-state index in [9.17, 15) is 14.4 Å². The van der Waals surface area contributed by atoms with E-state index in [-0.39, 0.29) is 31.1 Å². The molecule has 0 aromatic rings. The van der Waals surface area contributed by atoms with E-state index < -0.39 is 6.10 Å². The Hall–Kier alpha value is -3.41. The molecule has 1 atom stereocenters. The van der Waals surface area contributed by atoms with E-state index in [0.29, 0.717) is 19.3 Å². The maximum absolute atomic E-state index is 12.7. The number of allylic oxidation sites excluding steroid dienone is 14. The van der Waals surface area contributed by atoms with Gasteiger partial charge in [0.2, 0.25) is 0 Å². The molecule has 0 aromatic carbocycles. The van der Waals surface area contributed by atoms with Crippen molar-refractivity contribution in [2.24, 2.45) is 0 Å². The van der Waals surface area contributed by atoms with Gasteiger partial charge in [-0.1, -0.05) is 170 Å². The van der Waals surface area contributed by atoms with Crippen molar-refractivity contribution in [2.45, 2.75) is 200 Å². The Bertz CT molecular complexity index is 1120. The lowest BCUT2D eigenvalue weighted by atomic mass is 10.1. The number of esters is 3. The summed E-state index contributed by atoms with van der Waals surface area (Å²) in [6, 6.07) is 0. The molecule has 56 heavy (non-hydrogen) atoms. The predicted molar refractivity (Wildman–Crippen MR) is 237 cm³/mol. The van der Waals surface area contributed by atoms with Crippen LogP contribution in [0.1, 0.15) is 194 Å². The zero-order chi connectivity index (χ0) is 40.8. The molecule has 0 aromatic heterocycles. The van der Waals surface area contributed by atoms with E-state index >= 15 is 0 Å². The van der Waals surface area contributed by atoms with Crippen LogP contribution in [0.25, 0.3) is 0 Å². The van der Waals surface area contributed by atoms with Crippen LogP contribution in [0, 0.1) is 0 Å². The summed E-state index contributed by atoms with van der Waals surface area (Å²) < 4.78 is 16.6. The molecule has 0 rings (SSSR count). The highest BCUT2D eigenvalue weighted by atomic mass is 16.6. The third kappa shape index (κ3) is 41.7. The molecular weight excluding hydrogens is 697 g/mol. The number of ether oxygens (including phenoxy) is 3. The number of hydrogen-bond acceptors (Lipinski definition) is 6. The maximum Gasteiger partial charge on any atom is 0.306 e. The molecule has 0 heterocycles. The van der Waals surface area contributed by atoms with Crippen LogP contribution in [0.5, 0.6) is 0 Å². The molecule has 0 aliphatic heterocycles. The smallest absolute Gasteiger partial charge is 0.306 e. The first-order chi connectivity index (χ1) is 27.5. The van der Waals surface area contributed by atoms with Gasteiger partial charge in [0.05, 0.1) is 0 Å².